The van der Waals surface area contributed by atoms with Crippen LogP contribution in [0.4, 0.5) is 15.6 Å². The SMILES string of the molecule is CS(=O)(=O)NCc1nc(NC(=O)Nc2cccnc2C(=O)C2CCCC2)sc1S(=O)(=O)c1ccccn1. The highest BCUT2D eigenvalue weighted by Crippen LogP contribution is 2.32. The lowest BCUT2D eigenvalue weighted by Gasteiger charge is -2.12. The zero-order valence-electron chi connectivity index (χ0n) is 19.7. The van der Waals surface area contributed by atoms with Gasteiger partial charge in [-0.15, -0.1) is 0 Å². The van der Waals surface area contributed by atoms with Crippen LogP contribution in [0.25, 0.3) is 0 Å². The molecule has 0 aromatic carbocycles. The number of anilines is 2. The first-order chi connectivity index (χ1) is 17.5. The van der Waals surface area contributed by atoms with Gasteiger partial charge in [0.25, 0.3) is 0 Å². The van der Waals surface area contributed by atoms with Crippen molar-refractivity contribution in [1.82, 2.24) is 19.7 Å². The molecule has 15 heteroatoms. The first kappa shape index (κ1) is 26.8. The second-order valence-corrected chi connectivity index (χ2v) is 13.3. The highest BCUT2D eigenvalue weighted by Gasteiger charge is 2.29. The van der Waals surface area contributed by atoms with E-state index >= 15 is 0 Å². The number of pyridine rings is 2. The monoisotopic (exact) mass is 564 g/mol. The summed E-state index contributed by atoms with van der Waals surface area (Å²) in [5.41, 5.74) is 0.267. The number of nitrogens with one attached hydrogen (secondary N) is 3. The van der Waals surface area contributed by atoms with Crippen molar-refractivity contribution in [3.63, 3.8) is 0 Å². The predicted molar refractivity (Wildman–Crippen MR) is 137 cm³/mol. The van der Waals surface area contributed by atoms with Crippen LogP contribution in [0, 0.1) is 5.92 Å². The number of urea groups is 1. The summed E-state index contributed by atoms with van der Waals surface area (Å²) in [6.45, 7) is -0.414. The molecule has 0 saturated heterocycles. The molecule has 1 saturated carbocycles. The molecule has 1 aliphatic carbocycles. The van der Waals surface area contributed by atoms with Gasteiger partial charge in [-0.05, 0) is 37.1 Å². The van der Waals surface area contributed by atoms with E-state index in [0.717, 1.165) is 31.9 Å². The number of aromatic nitrogens is 3. The molecular weight excluding hydrogens is 540 g/mol. The number of hydrogen-bond donors (Lipinski definition) is 3. The Hall–Kier alpha value is -3.27. The maximum atomic E-state index is 13.2. The van der Waals surface area contributed by atoms with Gasteiger partial charge < -0.3 is 5.32 Å². The zero-order valence-corrected chi connectivity index (χ0v) is 22.1. The number of sulfone groups is 1. The lowest BCUT2D eigenvalue weighted by Crippen LogP contribution is -2.23. The van der Waals surface area contributed by atoms with Crippen molar-refractivity contribution in [2.24, 2.45) is 5.92 Å². The number of carbonyl (C=O) groups is 2. The van der Waals surface area contributed by atoms with Crippen molar-refractivity contribution in [1.29, 1.82) is 0 Å². The van der Waals surface area contributed by atoms with E-state index in [4.69, 9.17) is 0 Å². The molecule has 4 rings (SSSR count). The normalized spacial score (nSPS) is 14.4. The second-order valence-electron chi connectivity index (χ2n) is 8.34. The molecule has 0 radical (unpaired) electrons. The number of amides is 2. The van der Waals surface area contributed by atoms with Crippen LogP contribution in [-0.4, -0.2) is 49.9 Å². The molecule has 2 amide bonds. The number of rotatable bonds is 9. The van der Waals surface area contributed by atoms with Gasteiger partial charge in [0.15, 0.2) is 20.1 Å². The zero-order chi connectivity index (χ0) is 26.6. The van der Waals surface area contributed by atoms with Gasteiger partial charge >= 0.3 is 6.03 Å². The van der Waals surface area contributed by atoms with Gasteiger partial charge in [-0.25, -0.2) is 36.3 Å². The minimum absolute atomic E-state index is 0.0927. The second kappa shape index (κ2) is 11.0. The van der Waals surface area contributed by atoms with Crippen molar-refractivity contribution >= 4 is 53.8 Å². The Bertz CT molecular complexity index is 1520. The Morgan fingerprint density at radius 3 is 2.41 bits per heavy atom. The molecule has 0 spiro atoms. The fourth-order valence-electron chi connectivity index (χ4n) is 3.85. The summed E-state index contributed by atoms with van der Waals surface area (Å²) in [6.07, 6.45) is 7.20. The summed E-state index contributed by atoms with van der Waals surface area (Å²) >= 11 is 0.653. The van der Waals surface area contributed by atoms with Gasteiger partial charge in [0.2, 0.25) is 19.9 Å². The Kier molecular flexibility index (Phi) is 7.96. The third-order valence-electron chi connectivity index (χ3n) is 5.56. The van der Waals surface area contributed by atoms with E-state index in [1.807, 2.05) is 0 Å². The first-order valence-electron chi connectivity index (χ1n) is 11.2. The Balaban J connectivity index is 1.58. The van der Waals surface area contributed by atoms with Crippen molar-refractivity contribution in [3.8, 4) is 0 Å². The Labute approximate surface area is 217 Å². The quantitative estimate of drug-likeness (QED) is 0.330. The maximum Gasteiger partial charge on any atom is 0.325 e. The van der Waals surface area contributed by atoms with Crippen molar-refractivity contribution in [3.05, 3.63) is 54.1 Å². The molecule has 0 unspecified atom stereocenters. The summed E-state index contributed by atoms with van der Waals surface area (Å²) in [4.78, 5) is 37.8. The number of ketones is 1. The molecule has 37 heavy (non-hydrogen) atoms. The molecule has 3 heterocycles. The fourth-order valence-corrected chi connectivity index (χ4v) is 6.96. The predicted octanol–water partition coefficient (Wildman–Crippen LogP) is 2.83. The summed E-state index contributed by atoms with van der Waals surface area (Å²) in [7, 11) is -7.81. The minimum Gasteiger partial charge on any atom is -0.305 e. The van der Waals surface area contributed by atoms with Crippen LogP contribution in [0.2, 0.25) is 0 Å². The van der Waals surface area contributed by atoms with Gasteiger partial charge in [-0.3, -0.25) is 15.1 Å². The van der Waals surface area contributed by atoms with E-state index in [0.29, 0.717) is 11.3 Å². The molecule has 3 N–H and O–H groups in total. The van der Waals surface area contributed by atoms with Crippen LogP contribution in [0.15, 0.2) is 52.0 Å². The number of thiazole rings is 1. The number of hydrogen-bond acceptors (Lipinski definition) is 10. The molecule has 12 nitrogen and oxygen atoms in total. The number of sulfonamides is 1. The van der Waals surface area contributed by atoms with Crippen LogP contribution >= 0.6 is 11.3 Å². The first-order valence-corrected chi connectivity index (χ1v) is 15.4. The topological polar surface area (TPSA) is 177 Å². The fraction of sp³-hybridized carbons (Fsp3) is 0.318. The maximum absolute atomic E-state index is 13.2. The highest BCUT2D eigenvalue weighted by atomic mass is 32.2. The average Bonchev–Trinajstić information content (AvgIpc) is 3.53. The van der Waals surface area contributed by atoms with Crippen molar-refractivity contribution < 1.29 is 26.4 Å². The molecule has 1 aliphatic rings. The van der Waals surface area contributed by atoms with Gasteiger partial charge in [0, 0.05) is 18.3 Å². The van der Waals surface area contributed by atoms with E-state index in [2.05, 4.69) is 30.3 Å². The number of Topliss-reactive ketones (excluding diaryl/α,β-unsaturated/α-hetero) is 1. The van der Waals surface area contributed by atoms with E-state index in [-0.39, 0.29) is 43.1 Å². The van der Waals surface area contributed by atoms with Crippen LogP contribution in [0.5, 0.6) is 0 Å². The number of carbonyl (C=O) groups excluding carboxylic acids is 2. The Morgan fingerprint density at radius 1 is 1.00 bits per heavy atom. The van der Waals surface area contributed by atoms with E-state index in [9.17, 15) is 26.4 Å². The average molecular weight is 565 g/mol. The van der Waals surface area contributed by atoms with Crippen LogP contribution in [0.1, 0.15) is 41.9 Å². The van der Waals surface area contributed by atoms with E-state index in [1.165, 1.54) is 24.5 Å². The molecule has 0 atom stereocenters. The third-order valence-corrected chi connectivity index (χ3v) is 9.46. The molecule has 0 bridgehead atoms. The number of nitrogens with zero attached hydrogens (tertiary/aromatic N) is 3. The van der Waals surface area contributed by atoms with Crippen molar-refractivity contribution in [2.75, 3.05) is 16.9 Å². The van der Waals surface area contributed by atoms with E-state index < -0.39 is 32.4 Å². The van der Waals surface area contributed by atoms with Gasteiger partial charge in [-0.1, -0.05) is 30.2 Å². The van der Waals surface area contributed by atoms with Crippen LogP contribution < -0.4 is 15.4 Å². The third kappa shape index (κ3) is 6.54. The largest absolute Gasteiger partial charge is 0.325 e. The summed E-state index contributed by atoms with van der Waals surface area (Å²) in [5.74, 6) is -0.276. The summed E-state index contributed by atoms with van der Waals surface area (Å²) in [6, 6.07) is 6.71. The summed E-state index contributed by atoms with van der Waals surface area (Å²) in [5, 5.41) is 4.70. The standard InChI is InChI=1S/C22H24N6O6S3/c1-36(31,32)25-13-16-20(37(33,34)17-10-4-5-11-23-17)35-22(27-16)28-21(30)26-15-9-6-12-24-18(15)19(29)14-7-2-3-8-14/h4-6,9-12,14,25H,2-3,7-8,13H2,1H3,(H2,26,27,28,30). The van der Waals surface area contributed by atoms with Gasteiger partial charge in [0.05, 0.1) is 24.2 Å². The lowest BCUT2D eigenvalue weighted by molar-refractivity contribution is 0.0918. The van der Waals surface area contributed by atoms with Gasteiger partial charge in [0.1, 0.15) is 5.69 Å². The van der Waals surface area contributed by atoms with E-state index in [1.54, 1.807) is 18.2 Å². The van der Waals surface area contributed by atoms with Crippen LogP contribution in [0.3, 0.4) is 0 Å². The molecule has 0 aliphatic heterocycles. The molecule has 3 aromatic heterocycles. The highest BCUT2D eigenvalue weighted by molar-refractivity contribution is 7.93. The van der Waals surface area contributed by atoms with Crippen molar-refractivity contribution in [2.45, 2.75) is 41.5 Å². The Morgan fingerprint density at radius 2 is 1.73 bits per heavy atom. The minimum atomic E-state index is -4.15. The summed E-state index contributed by atoms with van der Waals surface area (Å²) < 4.78 is 51.5. The smallest absolute Gasteiger partial charge is 0.305 e. The molecule has 196 valence electrons. The van der Waals surface area contributed by atoms with Crippen LogP contribution in [-0.2, 0) is 26.4 Å². The molecule has 1 fully saturated rings. The van der Waals surface area contributed by atoms with Gasteiger partial charge in [-0.2, -0.15) is 0 Å². The molecule has 3 aromatic rings. The lowest BCUT2D eigenvalue weighted by atomic mass is 9.99. The molecular formula is C22H24N6O6S3.